The molecule has 1 aromatic rings. The Kier molecular flexibility index (Phi) is 4.81. The molecule has 0 aromatic heterocycles. The SMILES string of the molecule is CS(=O)(=O)c1ccccc1C(=O)N1CCCCCCC1. The van der Waals surface area contributed by atoms with Gasteiger partial charge in [0.25, 0.3) is 5.91 Å². The van der Waals surface area contributed by atoms with Crippen molar-refractivity contribution in [2.45, 2.75) is 37.0 Å². The Bertz CT molecular complexity index is 573. The molecule has 2 rings (SSSR count). The molecule has 1 saturated heterocycles. The molecule has 5 heteroatoms. The number of benzene rings is 1. The van der Waals surface area contributed by atoms with E-state index in [2.05, 4.69) is 0 Å². The summed E-state index contributed by atoms with van der Waals surface area (Å²) in [5.41, 5.74) is 0.301. The minimum Gasteiger partial charge on any atom is -0.339 e. The van der Waals surface area contributed by atoms with E-state index < -0.39 is 9.84 Å². The number of nitrogens with zero attached hydrogens (tertiary/aromatic N) is 1. The molecule has 1 aromatic carbocycles. The first kappa shape index (κ1) is 15.0. The molecule has 0 saturated carbocycles. The van der Waals surface area contributed by atoms with E-state index in [0.29, 0.717) is 5.56 Å². The van der Waals surface area contributed by atoms with Gasteiger partial charge >= 0.3 is 0 Å². The average molecular weight is 295 g/mol. The second kappa shape index (κ2) is 6.39. The fourth-order valence-corrected chi connectivity index (χ4v) is 3.47. The molecule has 20 heavy (non-hydrogen) atoms. The molecule has 0 unspecified atom stereocenters. The molecule has 0 N–H and O–H groups in total. The number of hydrogen-bond acceptors (Lipinski definition) is 3. The van der Waals surface area contributed by atoms with Gasteiger partial charge < -0.3 is 4.90 Å². The predicted molar refractivity (Wildman–Crippen MR) is 78.5 cm³/mol. The normalized spacial score (nSPS) is 17.4. The molecular weight excluding hydrogens is 274 g/mol. The van der Waals surface area contributed by atoms with Gasteiger partial charge in [-0.05, 0) is 25.0 Å². The van der Waals surface area contributed by atoms with E-state index >= 15 is 0 Å². The van der Waals surface area contributed by atoms with Gasteiger partial charge in [-0.15, -0.1) is 0 Å². The lowest BCUT2D eigenvalue weighted by Crippen LogP contribution is -2.34. The van der Waals surface area contributed by atoms with Crippen LogP contribution in [-0.2, 0) is 9.84 Å². The largest absolute Gasteiger partial charge is 0.339 e. The smallest absolute Gasteiger partial charge is 0.255 e. The summed E-state index contributed by atoms with van der Waals surface area (Å²) in [6.07, 6.45) is 6.63. The highest BCUT2D eigenvalue weighted by Crippen LogP contribution is 2.19. The van der Waals surface area contributed by atoms with Gasteiger partial charge in [0.05, 0.1) is 10.5 Å². The number of carbonyl (C=O) groups is 1. The van der Waals surface area contributed by atoms with Crippen molar-refractivity contribution in [1.82, 2.24) is 4.90 Å². The van der Waals surface area contributed by atoms with Crippen LogP contribution in [0, 0.1) is 0 Å². The van der Waals surface area contributed by atoms with E-state index in [-0.39, 0.29) is 10.8 Å². The predicted octanol–water partition coefficient (Wildman–Crippen LogP) is 2.50. The molecule has 1 fully saturated rings. The fraction of sp³-hybridized carbons (Fsp3) is 0.533. The first-order valence-corrected chi connectivity index (χ1v) is 8.97. The third kappa shape index (κ3) is 3.60. The maximum Gasteiger partial charge on any atom is 0.255 e. The Morgan fingerprint density at radius 3 is 2.15 bits per heavy atom. The molecule has 1 heterocycles. The zero-order valence-electron chi connectivity index (χ0n) is 11.8. The van der Waals surface area contributed by atoms with Gasteiger partial charge in [-0.1, -0.05) is 31.4 Å². The third-order valence-corrected chi connectivity index (χ3v) is 4.82. The Morgan fingerprint density at radius 1 is 1.00 bits per heavy atom. The maximum absolute atomic E-state index is 12.6. The number of rotatable bonds is 2. The van der Waals surface area contributed by atoms with Gasteiger partial charge in [0, 0.05) is 19.3 Å². The molecule has 1 aliphatic rings. The van der Waals surface area contributed by atoms with E-state index in [4.69, 9.17) is 0 Å². The minimum absolute atomic E-state index is 0.132. The highest BCUT2D eigenvalue weighted by atomic mass is 32.2. The fourth-order valence-electron chi connectivity index (χ4n) is 2.59. The standard InChI is InChI=1S/C15H21NO3S/c1-20(18,19)14-10-6-5-9-13(14)15(17)16-11-7-3-2-4-8-12-16/h5-6,9-10H,2-4,7-8,11-12H2,1H3. The van der Waals surface area contributed by atoms with Gasteiger partial charge in [-0.2, -0.15) is 0 Å². The lowest BCUT2D eigenvalue weighted by Gasteiger charge is -2.25. The van der Waals surface area contributed by atoms with Crippen molar-refractivity contribution in [1.29, 1.82) is 0 Å². The van der Waals surface area contributed by atoms with Crippen molar-refractivity contribution < 1.29 is 13.2 Å². The molecule has 0 atom stereocenters. The van der Waals surface area contributed by atoms with E-state index in [0.717, 1.165) is 45.0 Å². The van der Waals surface area contributed by atoms with Crippen LogP contribution in [0.25, 0.3) is 0 Å². The van der Waals surface area contributed by atoms with Crippen LogP contribution < -0.4 is 0 Å². The lowest BCUT2D eigenvalue weighted by molar-refractivity contribution is 0.0738. The quantitative estimate of drug-likeness (QED) is 0.842. The zero-order valence-corrected chi connectivity index (χ0v) is 12.7. The second-order valence-electron chi connectivity index (χ2n) is 5.33. The molecule has 0 bridgehead atoms. The van der Waals surface area contributed by atoms with Gasteiger partial charge in [-0.3, -0.25) is 4.79 Å². The number of likely N-dealkylation sites (tertiary alicyclic amines) is 1. The zero-order chi connectivity index (χ0) is 14.6. The van der Waals surface area contributed by atoms with Crippen LogP contribution in [0.3, 0.4) is 0 Å². The number of hydrogen-bond donors (Lipinski definition) is 0. The number of carbonyl (C=O) groups excluding carboxylic acids is 1. The molecule has 0 spiro atoms. The summed E-state index contributed by atoms with van der Waals surface area (Å²) in [6.45, 7) is 1.44. The Balaban J connectivity index is 2.28. The Morgan fingerprint density at radius 2 is 1.55 bits per heavy atom. The minimum atomic E-state index is -3.38. The molecular formula is C15H21NO3S. The van der Waals surface area contributed by atoms with E-state index in [1.165, 1.54) is 12.5 Å². The van der Waals surface area contributed by atoms with E-state index in [9.17, 15) is 13.2 Å². The van der Waals surface area contributed by atoms with E-state index in [1.807, 2.05) is 0 Å². The Labute approximate surface area is 120 Å². The van der Waals surface area contributed by atoms with Gasteiger partial charge in [0.15, 0.2) is 9.84 Å². The summed E-state index contributed by atoms with van der Waals surface area (Å²) < 4.78 is 23.6. The van der Waals surface area contributed by atoms with Crippen molar-refractivity contribution >= 4 is 15.7 Å². The van der Waals surface area contributed by atoms with Crippen LogP contribution in [0.1, 0.15) is 42.5 Å². The monoisotopic (exact) mass is 295 g/mol. The summed E-state index contributed by atoms with van der Waals surface area (Å²) in [5.74, 6) is -0.159. The Hall–Kier alpha value is -1.36. The summed E-state index contributed by atoms with van der Waals surface area (Å²) >= 11 is 0. The van der Waals surface area contributed by atoms with Crippen LogP contribution in [0.15, 0.2) is 29.2 Å². The van der Waals surface area contributed by atoms with E-state index in [1.54, 1.807) is 23.1 Å². The summed E-state index contributed by atoms with van der Waals surface area (Å²) in [7, 11) is -3.38. The van der Waals surface area contributed by atoms with Crippen LogP contribution >= 0.6 is 0 Å². The number of amides is 1. The average Bonchev–Trinajstić information content (AvgIpc) is 2.37. The molecule has 0 radical (unpaired) electrons. The van der Waals surface area contributed by atoms with Crippen LogP contribution in [0.5, 0.6) is 0 Å². The third-order valence-electron chi connectivity index (χ3n) is 3.66. The molecule has 0 aliphatic carbocycles. The highest BCUT2D eigenvalue weighted by molar-refractivity contribution is 7.90. The van der Waals surface area contributed by atoms with Crippen LogP contribution in [0.2, 0.25) is 0 Å². The van der Waals surface area contributed by atoms with Gasteiger partial charge in [0.1, 0.15) is 0 Å². The van der Waals surface area contributed by atoms with Gasteiger partial charge in [0.2, 0.25) is 0 Å². The second-order valence-corrected chi connectivity index (χ2v) is 7.31. The van der Waals surface area contributed by atoms with Crippen LogP contribution in [0.4, 0.5) is 0 Å². The number of sulfone groups is 1. The molecule has 4 nitrogen and oxygen atoms in total. The van der Waals surface area contributed by atoms with Crippen molar-refractivity contribution in [3.8, 4) is 0 Å². The summed E-state index contributed by atoms with van der Waals surface area (Å²) in [6, 6.07) is 6.48. The molecule has 1 aliphatic heterocycles. The molecule has 110 valence electrons. The lowest BCUT2D eigenvalue weighted by atomic mass is 10.1. The van der Waals surface area contributed by atoms with Crippen molar-refractivity contribution in [3.63, 3.8) is 0 Å². The topological polar surface area (TPSA) is 54.5 Å². The van der Waals surface area contributed by atoms with Crippen molar-refractivity contribution in [2.24, 2.45) is 0 Å². The molecule has 1 amide bonds. The maximum atomic E-state index is 12.6. The van der Waals surface area contributed by atoms with Gasteiger partial charge in [-0.25, -0.2) is 8.42 Å². The first-order valence-electron chi connectivity index (χ1n) is 7.08. The van der Waals surface area contributed by atoms with Crippen LogP contribution in [-0.4, -0.2) is 38.6 Å². The van der Waals surface area contributed by atoms with Crippen molar-refractivity contribution in [3.05, 3.63) is 29.8 Å². The summed E-state index contributed by atoms with van der Waals surface area (Å²) in [4.78, 5) is 14.5. The van der Waals surface area contributed by atoms with Crippen molar-refractivity contribution in [2.75, 3.05) is 19.3 Å². The first-order chi connectivity index (χ1) is 9.50. The highest BCUT2D eigenvalue weighted by Gasteiger charge is 2.22. The summed E-state index contributed by atoms with van der Waals surface area (Å²) in [5, 5.41) is 0.